The van der Waals surface area contributed by atoms with E-state index in [2.05, 4.69) is 39.6 Å². The highest BCUT2D eigenvalue weighted by Gasteiger charge is 2.19. The van der Waals surface area contributed by atoms with Gasteiger partial charge in [0.05, 0.1) is 24.0 Å². The first-order chi connectivity index (χ1) is 9.69. The van der Waals surface area contributed by atoms with Crippen molar-refractivity contribution in [3.8, 4) is 11.5 Å². The third kappa shape index (κ3) is 3.34. The predicted octanol–water partition coefficient (Wildman–Crippen LogP) is 4.23. The quantitative estimate of drug-likeness (QED) is 0.840. The van der Waals surface area contributed by atoms with E-state index in [1.54, 1.807) is 25.6 Å². The number of rotatable bonds is 6. The van der Waals surface area contributed by atoms with Crippen LogP contribution in [0.1, 0.15) is 24.1 Å². The lowest BCUT2D eigenvalue weighted by Gasteiger charge is -2.20. The first-order valence-electron chi connectivity index (χ1n) is 6.38. The van der Waals surface area contributed by atoms with Gasteiger partial charge in [-0.3, -0.25) is 0 Å². The molecule has 1 heterocycles. The van der Waals surface area contributed by atoms with Gasteiger partial charge in [-0.25, -0.2) is 0 Å². The number of hydrogen-bond donors (Lipinski definition) is 1. The predicted molar refractivity (Wildman–Crippen MR) is 87.1 cm³/mol. The molecule has 0 bridgehead atoms. The molecule has 108 valence electrons. The summed E-state index contributed by atoms with van der Waals surface area (Å²) in [5.74, 6) is 1.69. The molecule has 0 spiro atoms. The van der Waals surface area contributed by atoms with Gasteiger partial charge >= 0.3 is 0 Å². The fourth-order valence-electron chi connectivity index (χ4n) is 2.15. The highest BCUT2D eigenvalue weighted by molar-refractivity contribution is 9.11. The van der Waals surface area contributed by atoms with Gasteiger partial charge in [-0.05, 0) is 57.7 Å². The molecule has 0 aliphatic carbocycles. The maximum Gasteiger partial charge on any atom is 0.124 e. The molecule has 2 aromatic rings. The third-order valence-corrected chi connectivity index (χ3v) is 4.60. The molecule has 1 aromatic heterocycles. The second-order valence-electron chi connectivity index (χ2n) is 4.28. The van der Waals surface area contributed by atoms with Gasteiger partial charge < -0.3 is 14.8 Å². The standard InChI is InChI=1S/C15H18BrNO2S/c1-4-17-15(10-7-14(16)20-9-10)12-8-11(18-2)5-6-13(12)19-3/h5-9,15,17H,4H2,1-3H3. The molecule has 1 N–H and O–H groups in total. The van der Waals surface area contributed by atoms with E-state index in [-0.39, 0.29) is 6.04 Å². The van der Waals surface area contributed by atoms with Gasteiger partial charge in [0, 0.05) is 5.56 Å². The highest BCUT2D eigenvalue weighted by Crippen LogP contribution is 2.35. The molecule has 2 rings (SSSR count). The zero-order chi connectivity index (χ0) is 14.5. The van der Waals surface area contributed by atoms with Gasteiger partial charge in [0.1, 0.15) is 11.5 Å². The van der Waals surface area contributed by atoms with Crippen molar-refractivity contribution < 1.29 is 9.47 Å². The molecule has 0 amide bonds. The number of hydrogen-bond acceptors (Lipinski definition) is 4. The Kier molecular flexibility index (Phi) is 5.46. The van der Waals surface area contributed by atoms with Crippen LogP contribution in [0.4, 0.5) is 0 Å². The van der Waals surface area contributed by atoms with Crippen LogP contribution in [0, 0.1) is 0 Å². The minimum absolute atomic E-state index is 0.0904. The van der Waals surface area contributed by atoms with E-state index in [4.69, 9.17) is 9.47 Å². The third-order valence-electron chi connectivity index (χ3n) is 3.08. The van der Waals surface area contributed by atoms with Crippen LogP contribution >= 0.6 is 27.3 Å². The number of nitrogens with one attached hydrogen (secondary N) is 1. The normalized spacial score (nSPS) is 12.2. The summed E-state index contributed by atoms with van der Waals surface area (Å²) in [6, 6.07) is 8.11. The summed E-state index contributed by atoms with van der Waals surface area (Å²) in [5.41, 5.74) is 2.30. The summed E-state index contributed by atoms with van der Waals surface area (Å²) in [5, 5.41) is 5.65. The molecule has 0 fully saturated rings. The lowest BCUT2D eigenvalue weighted by Crippen LogP contribution is -2.22. The van der Waals surface area contributed by atoms with E-state index < -0.39 is 0 Å². The van der Waals surface area contributed by atoms with E-state index in [9.17, 15) is 0 Å². The zero-order valence-electron chi connectivity index (χ0n) is 11.8. The average Bonchev–Trinajstić information content (AvgIpc) is 2.90. The topological polar surface area (TPSA) is 30.5 Å². The molecule has 1 unspecified atom stereocenters. The van der Waals surface area contributed by atoms with Crippen molar-refractivity contribution in [2.24, 2.45) is 0 Å². The summed E-state index contributed by atoms with van der Waals surface area (Å²) in [6.45, 7) is 2.97. The maximum atomic E-state index is 5.50. The Morgan fingerprint density at radius 2 is 2.05 bits per heavy atom. The first-order valence-corrected chi connectivity index (χ1v) is 8.06. The average molecular weight is 356 g/mol. The van der Waals surface area contributed by atoms with Crippen molar-refractivity contribution in [2.45, 2.75) is 13.0 Å². The Hall–Kier alpha value is -1.04. The Morgan fingerprint density at radius 3 is 2.60 bits per heavy atom. The van der Waals surface area contributed by atoms with Crippen LogP contribution in [-0.2, 0) is 0 Å². The Labute approximate surface area is 132 Å². The van der Waals surface area contributed by atoms with Crippen LogP contribution in [0.5, 0.6) is 11.5 Å². The van der Waals surface area contributed by atoms with Crippen LogP contribution in [0.15, 0.2) is 33.4 Å². The van der Waals surface area contributed by atoms with Gasteiger partial charge in [0.25, 0.3) is 0 Å². The molecular weight excluding hydrogens is 338 g/mol. The number of methoxy groups -OCH3 is 2. The molecular formula is C15H18BrNO2S. The molecule has 0 aliphatic rings. The Balaban J connectivity index is 2.47. The summed E-state index contributed by atoms with van der Waals surface area (Å²) in [7, 11) is 3.37. The Morgan fingerprint density at radius 1 is 1.25 bits per heavy atom. The smallest absolute Gasteiger partial charge is 0.124 e. The van der Waals surface area contributed by atoms with Crippen molar-refractivity contribution in [3.63, 3.8) is 0 Å². The number of benzene rings is 1. The minimum Gasteiger partial charge on any atom is -0.497 e. The molecule has 20 heavy (non-hydrogen) atoms. The summed E-state index contributed by atoms with van der Waals surface area (Å²) in [4.78, 5) is 0. The monoisotopic (exact) mass is 355 g/mol. The van der Waals surface area contributed by atoms with Crippen LogP contribution in [0.25, 0.3) is 0 Å². The van der Waals surface area contributed by atoms with Crippen LogP contribution in [0.2, 0.25) is 0 Å². The fourth-order valence-corrected chi connectivity index (χ4v) is 3.35. The maximum absolute atomic E-state index is 5.50. The number of halogens is 1. The molecule has 0 saturated heterocycles. The zero-order valence-corrected chi connectivity index (χ0v) is 14.2. The highest BCUT2D eigenvalue weighted by atomic mass is 79.9. The summed E-state index contributed by atoms with van der Waals surface area (Å²) < 4.78 is 12.0. The molecule has 5 heteroatoms. The van der Waals surface area contributed by atoms with Crippen molar-refractivity contribution >= 4 is 27.3 Å². The largest absolute Gasteiger partial charge is 0.497 e. The van der Waals surface area contributed by atoms with Crippen LogP contribution in [0.3, 0.4) is 0 Å². The van der Waals surface area contributed by atoms with E-state index in [0.717, 1.165) is 27.4 Å². The fraction of sp³-hybridized carbons (Fsp3) is 0.333. The first kappa shape index (κ1) is 15.4. The SMILES string of the molecule is CCNC(c1csc(Br)c1)c1cc(OC)ccc1OC. The molecule has 1 atom stereocenters. The summed E-state index contributed by atoms with van der Waals surface area (Å²) >= 11 is 5.20. The van der Waals surface area contributed by atoms with Crippen LogP contribution in [-0.4, -0.2) is 20.8 Å². The summed E-state index contributed by atoms with van der Waals surface area (Å²) in [6.07, 6.45) is 0. The number of ether oxygens (including phenoxy) is 2. The second kappa shape index (κ2) is 7.11. The molecule has 0 aliphatic heterocycles. The molecule has 1 aromatic carbocycles. The lowest BCUT2D eigenvalue weighted by molar-refractivity contribution is 0.394. The van der Waals surface area contributed by atoms with E-state index >= 15 is 0 Å². The van der Waals surface area contributed by atoms with Crippen molar-refractivity contribution in [1.82, 2.24) is 5.32 Å². The van der Waals surface area contributed by atoms with Gasteiger partial charge in [0.2, 0.25) is 0 Å². The van der Waals surface area contributed by atoms with Gasteiger partial charge in [0.15, 0.2) is 0 Å². The second-order valence-corrected chi connectivity index (χ2v) is 6.57. The van der Waals surface area contributed by atoms with Crippen LogP contribution < -0.4 is 14.8 Å². The minimum atomic E-state index is 0.0904. The van der Waals surface area contributed by atoms with Gasteiger partial charge in [-0.1, -0.05) is 6.92 Å². The molecule has 3 nitrogen and oxygen atoms in total. The van der Waals surface area contributed by atoms with E-state index in [0.29, 0.717) is 0 Å². The number of thiophene rings is 1. The van der Waals surface area contributed by atoms with Gasteiger partial charge in [-0.2, -0.15) is 0 Å². The van der Waals surface area contributed by atoms with Crippen molar-refractivity contribution in [1.29, 1.82) is 0 Å². The van der Waals surface area contributed by atoms with E-state index in [1.165, 1.54) is 5.56 Å². The van der Waals surface area contributed by atoms with Crippen molar-refractivity contribution in [2.75, 3.05) is 20.8 Å². The van der Waals surface area contributed by atoms with Crippen molar-refractivity contribution in [3.05, 3.63) is 44.6 Å². The van der Waals surface area contributed by atoms with E-state index in [1.807, 2.05) is 18.2 Å². The molecule has 0 radical (unpaired) electrons. The molecule has 0 saturated carbocycles. The lowest BCUT2D eigenvalue weighted by atomic mass is 10.00. The Bertz CT molecular complexity index is 571. The van der Waals surface area contributed by atoms with Gasteiger partial charge in [-0.15, -0.1) is 11.3 Å².